The summed E-state index contributed by atoms with van der Waals surface area (Å²) in [4.78, 5) is 2.45. The Bertz CT molecular complexity index is 2830. The number of fused-ring (bicyclic) bond motifs is 10. The first-order valence-corrected chi connectivity index (χ1v) is 17.2. The Morgan fingerprint density at radius 3 is 1.73 bits per heavy atom. The van der Waals surface area contributed by atoms with Crippen molar-refractivity contribution in [2.75, 3.05) is 4.90 Å². The van der Waals surface area contributed by atoms with Crippen molar-refractivity contribution >= 4 is 91.7 Å². The van der Waals surface area contributed by atoms with Gasteiger partial charge in [0.15, 0.2) is 0 Å². The highest BCUT2D eigenvalue weighted by Crippen LogP contribution is 2.47. The molecule has 1 heterocycles. The fraction of sp³-hybridized carbons (Fsp3) is 0. The Balaban J connectivity index is 1.22. The van der Waals surface area contributed by atoms with Gasteiger partial charge in [0.2, 0.25) is 0 Å². The van der Waals surface area contributed by atoms with Crippen molar-refractivity contribution in [3.8, 4) is 11.1 Å². The van der Waals surface area contributed by atoms with E-state index in [0.29, 0.717) is 0 Å². The monoisotopic (exact) mass is 627 g/mol. The molecule has 0 aliphatic rings. The van der Waals surface area contributed by atoms with Gasteiger partial charge in [-0.25, -0.2) is 0 Å². The molecule has 10 aromatic rings. The smallest absolute Gasteiger partial charge is 0.0640 e. The molecule has 0 spiro atoms. The van der Waals surface area contributed by atoms with Crippen LogP contribution in [0.2, 0.25) is 0 Å². The quantitative estimate of drug-likeness (QED) is 0.176. The first-order valence-electron chi connectivity index (χ1n) is 16.4. The lowest BCUT2D eigenvalue weighted by molar-refractivity contribution is 1.31. The van der Waals surface area contributed by atoms with Crippen LogP contribution in [0.4, 0.5) is 17.1 Å². The van der Waals surface area contributed by atoms with E-state index < -0.39 is 0 Å². The summed E-state index contributed by atoms with van der Waals surface area (Å²) in [7, 11) is 0. The Hall–Kier alpha value is -5.96. The summed E-state index contributed by atoms with van der Waals surface area (Å²) < 4.78 is 2.60. The molecule has 0 radical (unpaired) electrons. The van der Waals surface area contributed by atoms with Crippen LogP contribution in [0, 0.1) is 0 Å². The number of anilines is 3. The van der Waals surface area contributed by atoms with E-state index in [9.17, 15) is 0 Å². The zero-order valence-corrected chi connectivity index (χ0v) is 26.9. The summed E-state index contributed by atoms with van der Waals surface area (Å²) in [5, 5.41) is 12.9. The van der Waals surface area contributed by atoms with Crippen LogP contribution < -0.4 is 4.90 Å². The topological polar surface area (TPSA) is 3.24 Å². The van der Waals surface area contributed by atoms with Gasteiger partial charge in [-0.2, -0.15) is 0 Å². The Morgan fingerprint density at radius 1 is 0.354 bits per heavy atom. The first kappa shape index (κ1) is 27.2. The zero-order chi connectivity index (χ0) is 31.6. The van der Waals surface area contributed by atoms with Crippen molar-refractivity contribution in [3.05, 3.63) is 176 Å². The molecule has 9 aromatic carbocycles. The summed E-state index contributed by atoms with van der Waals surface area (Å²) in [6.07, 6.45) is 0. The lowest BCUT2D eigenvalue weighted by Gasteiger charge is -2.27. The minimum absolute atomic E-state index is 1.13. The average molecular weight is 628 g/mol. The zero-order valence-electron chi connectivity index (χ0n) is 26.1. The summed E-state index contributed by atoms with van der Waals surface area (Å²) in [5.74, 6) is 0. The molecular weight excluding hydrogens is 599 g/mol. The van der Waals surface area contributed by atoms with Crippen LogP contribution in [0.25, 0.3) is 74.4 Å². The minimum Gasteiger partial charge on any atom is -0.309 e. The van der Waals surface area contributed by atoms with Gasteiger partial charge in [0.25, 0.3) is 0 Å². The Kier molecular flexibility index (Phi) is 6.12. The van der Waals surface area contributed by atoms with E-state index in [-0.39, 0.29) is 0 Å². The lowest BCUT2D eigenvalue weighted by Crippen LogP contribution is -2.10. The van der Waals surface area contributed by atoms with Crippen LogP contribution in [0.15, 0.2) is 176 Å². The predicted octanol–water partition coefficient (Wildman–Crippen LogP) is 13.8. The number of thiophene rings is 1. The SMILES string of the molecule is c1ccc(-c2ccc(N(c3ccc4c(ccc5ccc6ccccc6c54)c3)c3cccc4c3sc3ccc5ccccc5c34)cc2)cc1. The second-order valence-electron chi connectivity index (χ2n) is 12.5. The van der Waals surface area contributed by atoms with E-state index in [1.807, 2.05) is 11.3 Å². The Morgan fingerprint density at radius 2 is 0.938 bits per heavy atom. The molecule has 0 fully saturated rings. The molecule has 0 amide bonds. The highest BCUT2D eigenvalue weighted by molar-refractivity contribution is 7.26. The summed E-state index contributed by atoms with van der Waals surface area (Å²) in [6.45, 7) is 0. The number of nitrogens with zero attached hydrogens (tertiary/aromatic N) is 1. The minimum atomic E-state index is 1.13. The molecule has 0 bridgehead atoms. The molecule has 0 aliphatic heterocycles. The molecule has 0 saturated carbocycles. The number of rotatable bonds is 4. The maximum absolute atomic E-state index is 2.45. The lowest BCUT2D eigenvalue weighted by atomic mass is 9.96. The number of hydrogen-bond acceptors (Lipinski definition) is 2. The van der Waals surface area contributed by atoms with Crippen LogP contribution >= 0.6 is 11.3 Å². The van der Waals surface area contributed by atoms with Gasteiger partial charge in [-0.05, 0) is 90.6 Å². The summed E-state index contributed by atoms with van der Waals surface area (Å²) in [6, 6.07) is 64.5. The number of hydrogen-bond donors (Lipinski definition) is 0. The van der Waals surface area contributed by atoms with Gasteiger partial charge in [-0.15, -0.1) is 11.3 Å². The van der Waals surface area contributed by atoms with Crippen molar-refractivity contribution in [1.29, 1.82) is 0 Å². The molecule has 10 rings (SSSR count). The summed E-state index contributed by atoms with van der Waals surface area (Å²) in [5.41, 5.74) is 5.90. The van der Waals surface area contributed by atoms with Crippen molar-refractivity contribution < 1.29 is 0 Å². The molecule has 2 heteroatoms. The second-order valence-corrected chi connectivity index (χ2v) is 13.6. The second kappa shape index (κ2) is 10.8. The molecule has 48 heavy (non-hydrogen) atoms. The molecule has 0 atom stereocenters. The highest BCUT2D eigenvalue weighted by atomic mass is 32.1. The largest absolute Gasteiger partial charge is 0.309 e. The van der Waals surface area contributed by atoms with E-state index in [1.54, 1.807) is 0 Å². The van der Waals surface area contributed by atoms with E-state index in [0.717, 1.165) is 11.4 Å². The average Bonchev–Trinajstić information content (AvgIpc) is 3.55. The van der Waals surface area contributed by atoms with Gasteiger partial charge in [-0.3, -0.25) is 0 Å². The molecule has 0 saturated heterocycles. The maximum atomic E-state index is 2.45. The van der Waals surface area contributed by atoms with Gasteiger partial charge in [0.1, 0.15) is 0 Å². The van der Waals surface area contributed by atoms with Crippen LogP contribution in [0.5, 0.6) is 0 Å². The van der Waals surface area contributed by atoms with E-state index in [4.69, 9.17) is 0 Å². The molecule has 224 valence electrons. The van der Waals surface area contributed by atoms with Crippen molar-refractivity contribution in [2.45, 2.75) is 0 Å². The first-order chi connectivity index (χ1) is 23.8. The van der Waals surface area contributed by atoms with Gasteiger partial charge in [0.05, 0.1) is 10.4 Å². The standard InChI is InChI=1S/C46H29NS/c1-2-9-30(10-3-1)31-21-24-36(25-22-31)47(42-16-8-15-41-45-39-14-7-5-12-33(39)23-28-43(45)48-46(41)42)37-26-27-40-35(29-37)20-19-34-18-17-32-11-4-6-13-38(32)44(34)40/h1-29H. The van der Waals surface area contributed by atoms with Crippen LogP contribution in [-0.2, 0) is 0 Å². The molecule has 1 aromatic heterocycles. The van der Waals surface area contributed by atoms with Crippen LogP contribution in [0.3, 0.4) is 0 Å². The fourth-order valence-electron chi connectivity index (χ4n) is 7.55. The summed E-state index contributed by atoms with van der Waals surface area (Å²) >= 11 is 1.89. The van der Waals surface area contributed by atoms with Gasteiger partial charge in [-0.1, -0.05) is 140 Å². The molecule has 0 unspecified atom stereocenters. The Labute approximate surface area is 282 Å². The molecule has 0 aliphatic carbocycles. The normalized spacial score (nSPS) is 11.8. The van der Waals surface area contributed by atoms with Crippen LogP contribution in [-0.4, -0.2) is 0 Å². The van der Waals surface area contributed by atoms with Crippen molar-refractivity contribution in [2.24, 2.45) is 0 Å². The van der Waals surface area contributed by atoms with Gasteiger partial charge >= 0.3 is 0 Å². The number of benzene rings is 9. The third kappa shape index (κ3) is 4.24. The maximum Gasteiger partial charge on any atom is 0.0640 e. The third-order valence-corrected chi connectivity index (χ3v) is 11.0. The fourth-order valence-corrected chi connectivity index (χ4v) is 8.77. The van der Waals surface area contributed by atoms with E-state index in [1.165, 1.54) is 80.1 Å². The highest BCUT2D eigenvalue weighted by Gasteiger charge is 2.20. The molecule has 0 N–H and O–H groups in total. The van der Waals surface area contributed by atoms with E-state index in [2.05, 4.69) is 181 Å². The van der Waals surface area contributed by atoms with Crippen molar-refractivity contribution in [1.82, 2.24) is 0 Å². The predicted molar refractivity (Wildman–Crippen MR) is 209 cm³/mol. The third-order valence-electron chi connectivity index (χ3n) is 9.81. The van der Waals surface area contributed by atoms with Crippen molar-refractivity contribution in [3.63, 3.8) is 0 Å². The van der Waals surface area contributed by atoms with E-state index >= 15 is 0 Å². The van der Waals surface area contributed by atoms with Crippen LogP contribution in [0.1, 0.15) is 0 Å². The molecule has 1 nitrogen and oxygen atoms in total. The molecular formula is C46H29NS. The van der Waals surface area contributed by atoms with Gasteiger partial charge in [0, 0.05) is 26.8 Å². The van der Waals surface area contributed by atoms with Gasteiger partial charge < -0.3 is 4.90 Å².